The zero-order valence-corrected chi connectivity index (χ0v) is 9.31. The lowest BCUT2D eigenvalue weighted by molar-refractivity contribution is 0.464. The molecule has 2 atom stereocenters. The first-order valence-electron chi connectivity index (χ1n) is 5.57. The van der Waals surface area contributed by atoms with E-state index in [1.807, 2.05) is 0 Å². The van der Waals surface area contributed by atoms with Gasteiger partial charge in [-0.25, -0.2) is 0 Å². The van der Waals surface area contributed by atoms with Gasteiger partial charge in [0, 0.05) is 12.1 Å². The van der Waals surface area contributed by atoms with E-state index >= 15 is 0 Å². The SMILES string of the molecule is CCC1CCC(C)N1c1nnc(CN)o1. The normalized spacial score (nSPS) is 26.2. The molecule has 1 aliphatic rings. The summed E-state index contributed by atoms with van der Waals surface area (Å²) in [4.78, 5) is 2.23. The highest BCUT2D eigenvalue weighted by Gasteiger charge is 2.32. The topological polar surface area (TPSA) is 68.2 Å². The number of nitrogens with two attached hydrogens (primary N) is 1. The summed E-state index contributed by atoms with van der Waals surface area (Å²) in [6, 6.07) is 1.65. The van der Waals surface area contributed by atoms with Gasteiger partial charge in [0.05, 0.1) is 6.54 Å². The van der Waals surface area contributed by atoms with Crippen molar-refractivity contribution in [3.05, 3.63) is 5.89 Å². The van der Waals surface area contributed by atoms with Gasteiger partial charge in [0.1, 0.15) is 0 Å². The summed E-state index contributed by atoms with van der Waals surface area (Å²) in [6.07, 6.45) is 3.52. The third kappa shape index (κ3) is 1.84. The summed E-state index contributed by atoms with van der Waals surface area (Å²) in [7, 11) is 0. The number of nitrogens with zero attached hydrogens (tertiary/aromatic N) is 3. The lowest BCUT2D eigenvalue weighted by Gasteiger charge is -2.25. The molecule has 5 heteroatoms. The number of aromatic nitrogens is 2. The van der Waals surface area contributed by atoms with Crippen molar-refractivity contribution in [2.75, 3.05) is 4.90 Å². The molecule has 1 aliphatic heterocycles. The van der Waals surface area contributed by atoms with Crippen molar-refractivity contribution in [3.63, 3.8) is 0 Å². The molecular formula is C10H18N4O. The van der Waals surface area contributed by atoms with Crippen LogP contribution in [0.2, 0.25) is 0 Å². The Kier molecular flexibility index (Phi) is 2.90. The molecule has 0 saturated carbocycles. The molecule has 1 fully saturated rings. The average Bonchev–Trinajstić information content (AvgIpc) is 2.83. The first kappa shape index (κ1) is 10.4. The fraction of sp³-hybridized carbons (Fsp3) is 0.800. The summed E-state index contributed by atoms with van der Waals surface area (Å²) in [5.74, 6) is 0.513. The molecule has 5 nitrogen and oxygen atoms in total. The summed E-state index contributed by atoms with van der Waals surface area (Å²) in [5.41, 5.74) is 5.45. The van der Waals surface area contributed by atoms with Gasteiger partial charge in [0.25, 0.3) is 0 Å². The van der Waals surface area contributed by atoms with E-state index in [9.17, 15) is 0 Å². The van der Waals surface area contributed by atoms with Crippen molar-refractivity contribution in [1.29, 1.82) is 0 Å². The van der Waals surface area contributed by atoms with E-state index in [4.69, 9.17) is 10.2 Å². The molecule has 2 unspecified atom stereocenters. The van der Waals surface area contributed by atoms with Gasteiger partial charge in [-0.1, -0.05) is 12.0 Å². The molecule has 1 saturated heterocycles. The minimum Gasteiger partial charge on any atom is -0.407 e. The lowest BCUT2D eigenvalue weighted by atomic mass is 10.2. The Hall–Kier alpha value is -1.10. The quantitative estimate of drug-likeness (QED) is 0.814. The number of hydrogen-bond donors (Lipinski definition) is 1. The number of rotatable bonds is 3. The summed E-state index contributed by atoms with van der Waals surface area (Å²) < 4.78 is 5.50. The Morgan fingerprint density at radius 2 is 2.27 bits per heavy atom. The first-order valence-corrected chi connectivity index (χ1v) is 5.57. The fourth-order valence-electron chi connectivity index (χ4n) is 2.25. The highest BCUT2D eigenvalue weighted by atomic mass is 16.4. The standard InChI is InChI=1S/C10H18N4O/c1-3-8-5-4-7(2)14(8)10-13-12-9(6-11)15-10/h7-8H,3-6,11H2,1-2H3. The molecule has 0 radical (unpaired) electrons. The van der Waals surface area contributed by atoms with Crippen LogP contribution in [0, 0.1) is 0 Å². The molecule has 0 aliphatic carbocycles. The largest absolute Gasteiger partial charge is 0.407 e. The van der Waals surface area contributed by atoms with Gasteiger partial charge in [0.2, 0.25) is 5.89 Å². The zero-order valence-electron chi connectivity index (χ0n) is 9.31. The molecule has 1 aromatic rings. The second-order valence-electron chi connectivity index (χ2n) is 4.08. The molecular weight excluding hydrogens is 192 g/mol. The first-order chi connectivity index (χ1) is 7.26. The molecule has 0 amide bonds. The Morgan fingerprint density at radius 1 is 1.47 bits per heavy atom. The molecule has 2 heterocycles. The molecule has 2 rings (SSSR count). The summed E-state index contributed by atoms with van der Waals surface area (Å²) >= 11 is 0. The van der Waals surface area contributed by atoms with Crippen LogP contribution >= 0.6 is 0 Å². The molecule has 1 aromatic heterocycles. The number of hydrogen-bond acceptors (Lipinski definition) is 5. The van der Waals surface area contributed by atoms with Crippen LogP contribution in [-0.4, -0.2) is 22.3 Å². The van der Waals surface area contributed by atoms with Gasteiger partial charge >= 0.3 is 6.01 Å². The van der Waals surface area contributed by atoms with Crippen LogP contribution in [0.4, 0.5) is 6.01 Å². The molecule has 0 bridgehead atoms. The fourth-order valence-corrected chi connectivity index (χ4v) is 2.25. The van der Waals surface area contributed by atoms with Crippen LogP contribution in [0.15, 0.2) is 4.42 Å². The molecule has 84 valence electrons. The van der Waals surface area contributed by atoms with Crippen LogP contribution in [0.25, 0.3) is 0 Å². The highest BCUT2D eigenvalue weighted by molar-refractivity contribution is 5.31. The van der Waals surface area contributed by atoms with Crippen LogP contribution in [0.1, 0.15) is 39.0 Å². The Balaban J connectivity index is 2.20. The minimum absolute atomic E-state index is 0.312. The maximum Gasteiger partial charge on any atom is 0.318 e. The van der Waals surface area contributed by atoms with Crippen molar-refractivity contribution >= 4 is 6.01 Å². The third-order valence-electron chi connectivity index (χ3n) is 3.11. The molecule has 0 spiro atoms. The molecule has 2 N–H and O–H groups in total. The Labute approximate surface area is 89.6 Å². The van der Waals surface area contributed by atoms with E-state index in [1.165, 1.54) is 12.8 Å². The smallest absolute Gasteiger partial charge is 0.318 e. The van der Waals surface area contributed by atoms with E-state index < -0.39 is 0 Å². The summed E-state index contributed by atoms with van der Waals surface area (Å²) in [6.45, 7) is 4.70. The molecule has 0 aromatic carbocycles. The minimum atomic E-state index is 0.312. The lowest BCUT2D eigenvalue weighted by Crippen LogP contribution is -2.34. The van der Waals surface area contributed by atoms with Crippen LogP contribution in [-0.2, 0) is 6.54 Å². The maximum absolute atomic E-state index is 5.50. The Morgan fingerprint density at radius 3 is 2.87 bits per heavy atom. The van der Waals surface area contributed by atoms with Crippen molar-refractivity contribution in [2.24, 2.45) is 5.73 Å². The second-order valence-corrected chi connectivity index (χ2v) is 4.08. The van der Waals surface area contributed by atoms with Crippen molar-refractivity contribution in [1.82, 2.24) is 10.2 Å². The predicted molar refractivity (Wildman–Crippen MR) is 57.4 cm³/mol. The van der Waals surface area contributed by atoms with E-state index in [0.29, 0.717) is 30.5 Å². The third-order valence-corrected chi connectivity index (χ3v) is 3.11. The van der Waals surface area contributed by atoms with Gasteiger partial charge in [-0.2, -0.15) is 0 Å². The van der Waals surface area contributed by atoms with Crippen LogP contribution in [0.5, 0.6) is 0 Å². The van der Waals surface area contributed by atoms with Gasteiger partial charge in [-0.3, -0.25) is 0 Å². The number of anilines is 1. The predicted octanol–water partition coefficient (Wildman–Crippen LogP) is 1.30. The highest BCUT2D eigenvalue weighted by Crippen LogP contribution is 2.30. The summed E-state index contributed by atoms with van der Waals surface area (Å²) in [5, 5.41) is 7.95. The second kappa shape index (κ2) is 4.18. The van der Waals surface area contributed by atoms with Gasteiger partial charge in [-0.05, 0) is 26.2 Å². The van der Waals surface area contributed by atoms with Crippen molar-refractivity contribution in [2.45, 2.75) is 51.7 Å². The van der Waals surface area contributed by atoms with E-state index in [-0.39, 0.29) is 0 Å². The van der Waals surface area contributed by atoms with Crippen LogP contribution in [0.3, 0.4) is 0 Å². The van der Waals surface area contributed by atoms with Gasteiger partial charge < -0.3 is 15.1 Å². The van der Waals surface area contributed by atoms with Crippen molar-refractivity contribution < 1.29 is 4.42 Å². The Bertz CT molecular complexity index is 325. The average molecular weight is 210 g/mol. The van der Waals surface area contributed by atoms with E-state index in [2.05, 4.69) is 28.9 Å². The van der Waals surface area contributed by atoms with Crippen LogP contribution < -0.4 is 10.6 Å². The van der Waals surface area contributed by atoms with Crippen molar-refractivity contribution in [3.8, 4) is 0 Å². The van der Waals surface area contributed by atoms with Gasteiger partial charge in [0.15, 0.2) is 0 Å². The van der Waals surface area contributed by atoms with E-state index in [1.54, 1.807) is 0 Å². The van der Waals surface area contributed by atoms with E-state index in [0.717, 1.165) is 6.42 Å². The van der Waals surface area contributed by atoms with Gasteiger partial charge in [-0.15, -0.1) is 5.10 Å². The monoisotopic (exact) mass is 210 g/mol. The molecule has 15 heavy (non-hydrogen) atoms. The maximum atomic E-state index is 5.50. The zero-order chi connectivity index (χ0) is 10.8.